The number of anilines is 1. The summed E-state index contributed by atoms with van der Waals surface area (Å²) in [4.78, 5) is 37.0. The van der Waals surface area contributed by atoms with Gasteiger partial charge in [0.15, 0.2) is 0 Å². The number of alkyl carbamates (subject to hydrolysis) is 1. The van der Waals surface area contributed by atoms with Crippen LogP contribution in [0.1, 0.15) is 44.7 Å². The van der Waals surface area contributed by atoms with E-state index >= 15 is 0 Å². The van der Waals surface area contributed by atoms with Crippen LogP contribution in [0.5, 0.6) is 5.75 Å². The van der Waals surface area contributed by atoms with Crippen molar-refractivity contribution in [3.63, 3.8) is 0 Å². The van der Waals surface area contributed by atoms with Gasteiger partial charge in [0.1, 0.15) is 18.4 Å². The number of rotatable bonds is 16. The molecule has 0 aliphatic heterocycles. The van der Waals surface area contributed by atoms with Gasteiger partial charge >= 0.3 is 6.09 Å². The highest BCUT2D eigenvalue weighted by Gasteiger charge is 2.28. The second kappa shape index (κ2) is 16.5. The number of hydrogen-bond acceptors (Lipinski definition) is 7. The third kappa shape index (κ3) is 10.5. The Morgan fingerprint density at radius 1 is 0.933 bits per heavy atom. The van der Waals surface area contributed by atoms with Crippen LogP contribution in [-0.2, 0) is 37.4 Å². The number of benzene rings is 3. The van der Waals surface area contributed by atoms with Crippen LogP contribution in [0.2, 0.25) is 0 Å². The molecular weight excluding hydrogens is 596 g/mol. The van der Waals surface area contributed by atoms with Gasteiger partial charge in [0.2, 0.25) is 11.8 Å². The Morgan fingerprint density at radius 2 is 1.58 bits per heavy atom. The van der Waals surface area contributed by atoms with Crippen molar-refractivity contribution < 1.29 is 32.6 Å². The molecule has 0 heterocycles. The average Bonchev–Trinajstić information content (AvgIpc) is 3.00. The number of nitrogens with two attached hydrogens (primary N) is 1. The third-order valence-corrected chi connectivity index (χ3v) is 8.85. The van der Waals surface area contributed by atoms with E-state index in [-0.39, 0.29) is 47.9 Å². The maximum atomic E-state index is 13.6. The first-order valence-corrected chi connectivity index (χ1v) is 16.2. The van der Waals surface area contributed by atoms with Gasteiger partial charge in [0.05, 0.1) is 17.0 Å². The molecule has 11 nitrogen and oxygen atoms in total. The van der Waals surface area contributed by atoms with Crippen molar-refractivity contribution in [2.75, 3.05) is 17.4 Å². The van der Waals surface area contributed by atoms with Crippen molar-refractivity contribution in [2.45, 2.75) is 57.6 Å². The number of carbonyl (C=O) groups excluding carboxylic acids is 3. The fourth-order valence-electron chi connectivity index (χ4n) is 4.57. The number of phenolic OH excluding ortho intramolecular Hbond substituents is 1. The van der Waals surface area contributed by atoms with Crippen LogP contribution in [0, 0.1) is 11.8 Å². The first kappa shape index (κ1) is 34.9. The van der Waals surface area contributed by atoms with Crippen molar-refractivity contribution in [3.05, 3.63) is 90.0 Å². The molecule has 5 N–H and O–H groups in total. The molecule has 0 fully saturated rings. The van der Waals surface area contributed by atoms with E-state index in [0.717, 1.165) is 5.56 Å². The highest BCUT2D eigenvalue weighted by Crippen LogP contribution is 2.36. The molecule has 0 aliphatic carbocycles. The van der Waals surface area contributed by atoms with Gasteiger partial charge in [-0.2, -0.15) is 0 Å². The van der Waals surface area contributed by atoms with E-state index in [2.05, 4.69) is 10.6 Å². The zero-order chi connectivity index (χ0) is 33.0. The smallest absolute Gasteiger partial charge is 0.408 e. The van der Waals surface area contributed by atoms with Gasteiger partial charge in [-0.05, 0) is 54.0 Å². The number of para-hydroxylation sites is 1. The van der Waals surface area contributed by atoms with Crippen molar-refractivity contribution in [2.24, 2.45) is 17.6 Å². The maximum Gasteiger partial charge on any atom is 0.408 e. The second-order valence-corrected chi connectivity index (χ2v) is 13.2. The molecule has 0 radical (unpaired) electrons. The molecular formula is C33H42N4O7S. The number of hydrogen-bond donors (Lipinski definition) is 4. The van der Waals surface area contributed by atoms with E-state index in [1.807, 2.05) is 26.8 Å². The SMILES string of the molecule is CC(C)CCN(c1cccc(CC(C)CNC(=O)[C@@H](CC(N)=O)NC(=O)OCc2ccccc2)c1O)S(=O)(=O)c1ccccc1. The molecule has 12 heteroatoms. The normalized spacial score (nSPS) is 12.6. The summed E-state index contributed by atoms with van der Waals surface area (Å²) >= 11 is 0. The predicted molar refractivity (Wildman–Crippen MR) is 172 cm³/mol. The summed E-state index contributed by atoms with van der Waals surface area (Å²) in [7, 11) is -3.95. The summed E-state index contributed by atoms with van der Waals surface area (Å²) < 4.78 is 33.7. The fourth-order valence-corrected chi connectivity index (χ4v) is 6.08. The number of carbonyl (C=O) groups is 3. The molecule has 0 aliphatic rings. The van der Waals surface area contributed by atoms with E-state index in [9.17, 15) is 27.9 Å². The Bertz CT molecular complexity index is 1530. The van der Waals surface area contributed by atoms with Crippen molar-refractivity contribution in [1.82, 2.24) is 10.6 Å². The summed E-state index contributed by atoms with van der Waals surface area (Å²) in [6.07, 6.45) is -0.414. The molecule has 242 valence electrons. The number of aromatic hydroxyl groups is 1. The zero-order valence-electron chi connectivity index (χ0n) is 25.8. The molecule has 0 bridgehead atoms. The highest BCUT2D eigenvalue weighted by molar-refractivity contribution is 7.92. The lowest BCUT2D eigenvalue weighted by Gasteiger charge is -2.27. The molecule has 3 aromatic carbocycles. The summed E-state index contributed by atoms with van der Waals surface area (Å²) in [6.45, 7) is 6.14. The number of nitrogens with zero attached hydrogens (tertiary/aromatic N) is 1. The van der Waals surface area contributed by atoms with Crippen molar-refractivity contribution >= 4 is 33.6 Å². The summed E-state index contributed by atoms with van der Waals surface area (Å²) in [5.41, 5.74) is 6.74. The lowest BCUT2D eigenvalue weighted by molar-refractivity contribution is -0.127. The van der Waals surface area contributed by atoms with Gasteiger partial charge in [-0.3, -0.25) is 13.9 Å². The van der Waals surface area contributed by atoms with E-state index < -0.39 is 40.4 Å². The van der Waals surface area contributed by atoms with Gasteiger partial charge < -0.3 is 26.2 Å². The second-order valence-electron chi connectivity index (χ2n) is 11.3. The summed E-state index contributed by atoms with van der Waals surface area (Å²) in [5, 5.41) is 16.4. The van der Waals surface area contributed by atoms with E-state index in [1.54, 1.807) is 60.7 Å². The number of nitrogens with one attached hydrogen (secondary N) is 2. The highest BCUT2D eigenvalue weighted by atomic mass is 32.2. The Hall–Kier alpha value is -4.58. The van der Waals surface area contributed by atoms with Gasteiger partial charge in [0.25, 0.3) is 10.0 Å². The molecule has 3 amide bonds. The molecule has 0 saturated heterocycles. The number of sulfonamides is 1. The molecule has 0 saturated carbocycles. The molecule has 0 aromatic heterocycles. The first-order valence-electron chi connectivity index (χ1n) is 14.8. The minimum absolute atomic E-state index is 0.0152. The first-order chi connectivity index (χ1) is 21.4. The lowest BCUT2D eigenvalue weighted by atomic mass is 9.99. The van der Waals surface area contributed by atoms with Crippen LogP contribution in [0.3, 0.4) is 0 Å². The number of amides is 3. The molecule has 2 atom stereocenters. The standard InChI is InChI=1S/C33H42N4O7S/c1-23(2)17-18-37(45(42,43)27-14-8-5-9-15-27)29-16-10-13-26(31(29)39)19-24(3)21-35-32(40)28(20-30(34)38)36-33(41)44-22-25-11-6-4-7-12-25/h4-16,23-24,28,39H,17-22H2,1-3H3,(H2,34,38)(H,35,40)(H,36,41)/t24?,28-/m1/s1. The summed E-state index contributed by atoms with van der Waals surface area (Å²) in [6, 6.07) is 20.8. The minimum Gasteiger partial charge on any atom is -0.505 e. The van der Waals surface area contributed by atoms with Gasteiger partial charge in [-0.1, -0.05) is 81.4 Å². The van der Waals surface area contributed by atoms with Crippen molar-refractivity contribution in [3.8, 4) is 5.75 Å². The lowest BCUT2D eigenvalue weighted by Crippen LogP contribution is -2.49. The van der Waals surface area contributed by atoms with Crippen LogP contribution in [0.15, 0.2) is 83.8 Å². The van der Waals surface area contributed by atoms with Crippen LogP contribution < -0.4 is 20.7 Å². The molecule has 3 rings (SSSR count). The zero-order valence-corrected chi connectivity index (χ0v) is 26.6. The Kier molecular flexibility index (Phi) is 12.8. The average molecular weight is 639 g/mol. The predicted octanol–water partition coefficient (Wildman–Crippen LogP) is 4.10. The maximum absolute atomic E-state index is 13.6. The van der Waals surface area contributed by atoms with Gasteiger partial charge in [-0.25, -0.2) is 13.2 Å². The topological polar surface area (TPSA) is 168 Å². The van der Waals surface area contributed by atoms with Gasteiger partial charge in [-0.15, -0.1) is 0 Å². The molecule has 45 heavy (non-hydrogen) atoms. The van der Waals surface area contributed by atoms with E-state index in [1.165, 1.54) is 16.4 Å². The number of phenols is 1. The quantitative estimate of drug-likeness (QED) is 0.183. The number of primary amides is 1. The minimum atomic E-state index is -3.95. The van der Waals surface area contributed by atoms with Crippen LogP contribution >= 0.6 is 0 Å². The van der Waals surface area contributed by atoms with Crippen molar-refractivity contribution in [1.29, 1.82) is 0 Å². The Morgan fingerprint density at radius 3 is 2.20 bits per heavy atom. The van der Waals surface area contributed by atoms with Crippen LogP contribution in [0.25, 0.3) is 0 Å². The summed E-state index contributed by atoms with van der Waals surface area (Å²) in [5.74, 6) is -1.55. The Labute approximate surface area is 264 Å². The van der Waals surface area contributed by atoms with E-state index in [4.69, 9.17) is 10.5 Å². The Balaban J connectivity index is 1.68. The number of ether oxygens (including phenoxy) is 1. The molecule has 0 spiro atoms. The largest absolute Gasteiger partial charge is 0.505 e. The monoisotopic (exact) mass is 638 g/mol. The van der Waals surface area contributed by atoms with Crippen LogP contribution in [0.4, 0.5) is 10.5 Å². The van der Waals surface area contributed by atoms with Crippen LogP contribution in [-0.4, -0.2) is 50.6 Å². The van der Waals surface area contributed by atoms with E-state index in [0.29, 0.717) is 18.4 Å². The fraction of sp³-hybridized carbons (Fsp3) is 0.364. The van der Waals surface area contributed by atoms with Gasteiger partial charge in [0, 0.05) is 13.1 Å². The third-order valence-electron chi connectivity index (χ3n) is 7.03. The molecule has 1 unspecified atom stereocenters. The molecule has 3 aromatic rings.